The maximum absolute atomic E-state index is 14.8. The summed E-state index contributed by atoms with van der Waals surface area (Å²) in [6, 6.07) is 14.8. The maximum atomic E-state index is 14.8. The van der Waals surface area contributed by atoms with Crippen molar-refractivity contribution in [2.75, 3.05) is 7.11 Å². The Bertz CT molecular complexity index is 2300. The number of aliphatic hydroxyl groups excluding tert-OH is 3. The topological polar surface area (TPSA) is 201 Å². The smallest absolute Gasteiger partial charge is 0.312 e. The fourth-order valence-corrected chi connectivity index (χ4v) is 8.03. The van der Waals surface area contributed by atoms with Crippen molar-refractivity contribution in [3.05, 3.63) is 113 Å². The number of allylic oxidation sites excluding steroid dienone is 2. The second-order valence-electron chi connectivity index (χ2n) is 16.1. The number of phenols is 1. The molecule has 316 valence electrons. The molecular formula is C47H52N2O11. The lowest BCUT2D eigenvalue weighted by atomic mass is 9.78. The number of aliphatic imine (C=N–C) groups is 1. The summed E-state index contributed by atoms with van der Waals surface area (Å²) in [6.45, 7) is 11.1. The number of nitrogens with zero attached hydrogens (tertiary/aromatic N) is 1. The molecule has 0 saturated heterocycles. The number of aromatic hydroxyl groups is 1. The highest BCUT2D eigenvalue weighted by Gasteiger charge is 2.54. The summed E-state index contributed by atoms with van der Waals surface area (Å²) in [5.41, 5.74) is 0.617. The molecular weight excluding hydrogens is 769 g/mol. The van der Waals surface area contributed by atoms with Gasteiger partial charge in [-0.15, -0.1) is 0 Å². The number of aliphatic hydroxyl groups is 3. The number of carbonyl (C=O) groups excluding carboxylic acids is 4. The van der Waals surface area contributed by atoms with Crippen LogP contribution in [0.25, 0.3) is 11.1 Å². The van der Waals surface area contributed by atoms with E-state index >= 15 is 0 Å². The van der Waals surface area contributed by atoms with Crippen LogP contribution in [0.5, 0.6) is 11.5 Å². The molecule has 1 aliphatic carbocycles. The van der Waals surface area contributed by atoms with Gasteiger partial charge in [0, 0.05) is 48.8 Å². The number of nitrogens with one attached hydrogen (secondary N) is 1. The molecule has 3 heterocycles. The average Bonchev–Trinajstić information content (AvgIpc) is 3.51. The average molecular weight is 821 g/mol. The quantitative estimate of drug-likeness (QED) is 0.208. The van der Waals surface area contributed by atoms with Crippen molar-refractivity contribution in [2.24, 2.45) is 28.7 Å². The zero-order valence-corrected chi connectivity index (χ0v) is 34.9. The number of hydrogen-bond acceptors (Lipinski definition) is 12. The van der Waals surface area contributed by atoms with E-state index in [0.717, 1.165) is 11.1 Å². The van der Waals surface area contributed by atoms with Gasteiger partial charge >= 0.3 is 5.79 Å². The molecule has 0 radical (unpaired) electrons. The van der Waals surface area contributed by atoms with E-state index in [4.69, 9.17) is 14.2 Å². The van der Waals surface area contributed by atoms with Gasteiger partial charge in [-0.2, -0.15) is 0 Å². The second-order valence-corrected chi connectivity index (χ2v) is 16.1. The number of carbonyl (C=O) groups is 4. The summed E-state index contributed by atoms with van der Waals surface area (Å²) < 4.78 is 17.6. The van der Waals surface area contributed by atoms with E-state index in [0.29, 0.717) is 0 Å². The molecule has 1 amide bonds. The Kier molecular flexibility index (Phi) is 12.8. The number of benzene rings is 3. The Labute approximate surface area is 349 Å². The van der Waals surface area contributed by atoms with Crippen LogP contribution in [0.1, 0.15) is 78.2 Å². The predicted molar refractivity (Wildman–Crippen MR) is 224 cm³/mol. The van der Waals surface area contributed by atoms with E-state index in [9.17, 15) is 39.6 Å². The van der Waals surface area contributed by atoms with Crippen LogP contribution in [0.4, 0.5) is 5.69 Å². The van der Waals surface area contributed by atoms with E-state index in [1.165, 1.54) is 46.3 Å². The lowest BCUT2D eigenvalue weighted by molar-refractivity contribution is -0.117. The van der Waals surface area contributed by atoms with Crippen LogP contribution in [0.15, 0.2) is 95.7 Å². The van der Waals surface area contributed by atoms with Gasteiger partial charge < -0.3 is 40.0 Å². The molecule has 3 aliphatic heterocycles. The number of methoxy groups -OCH3 is 1. The third kappa shape index (κ3) is 8.10. The molecule has 0 spiro atoms. The normalized spacial score (nSPS) is 30.8. The zero-order chi connectivity index (χ0) is 43.8. The Balaban J connectivity index is 1.49. The fraction of sp³-hybridized carbons (Fsp3) is 0.383. The minimum absolute atomic E-state index is 0.00662. The molecule has 5 N–H and O–H groups in total. The van der Waals surface area contributed by atoms with Gasteiger partial charge in [-0.05, 0) is 43.2 Å². The highest BCUT2D eigenvalue weighted by molar-refractivity contribution is 6.57. The summed E-state index contributed by atoms with van der Waals surface area (Å²) >= 11 is 0. The van der Waals surface area contributed by atoms with Crippen molar-refractivity contribution in [1.82, 2.24) is 5.32 Å². The summed E-state index contributed by atoms with van der Waals surface area (Å²) in [7, 11) is 1.42. The molecule has 10 atom stereocenters. The lowest BCUT2D eigenvalue weighted by Gasteiger charge is -2.36. The third-order valence-corrected chi connectivity index (χ3v) is 12.0. The largest absolute Gasteiger partial charge is 0.507 e. The molecule has 0 aromatic heterocycles. The first-order chi connectivity index (χ1) is 28.4. The third-order valence-electron chi connectivity index (χ3n) is 12.0. The van der Waals surface area contributed by atoms with Crippen molar-refractivity contribution in [1.29, 1.82) is 0 Å². The highest BCUT2D eigenvalue weighted by atomic mass is 16.7. The number of Topliss-reactive ketones (excluding diaryl/α,β-unsaturated/α-hetero) is 3. The van der Waals surface area contributed by atoms with Crippen LogP contribution >= 0.6 is 0 Å². The first-order valence-corrected chi connectivity index (χ1v) is 20.0. The number of rotatable bonds is 3. The maximum Gasteiger partial charge on any atom is 0.312 e. The van der Waals surface area contributed by atoms with Gasteiger partial charge in [0.2, 0.25) is 11.7 Å². The van der Waals surface area contributed by atoms with Gasteiger partial charge in [0.25, 0.3) is 5.78 Å². The van der Waals surface area contributed by atoms with E-state index in [2.05, 4.69) is 10.3 Å². The molecule has 3 aromatic carbocycles. The molecule has 0 saturated carbocycles. The van der Waals surface area contributed by atoms with Crippen LogP contribution in [0, 0.1) is 30.6 Å². The molecule has 60 heavy (non-hydrogen) atoms. The van der Waals surface area contributed by atoms with Crippen LogP contribution in [-0.2, 0) is 14.3 Å². The number of amides is 1. The van der Waals surface area contributed by atoms with Gasteiger partial charge in [0.15, 0.2) is 5.78 Å². The van der Waals surface area contributed by atoms with Crippen molar-refractivity contribution in [3.63, 3.8) is 0 Å². The minimum Gasteiger partial charge on any atom is -0.507 e. The molecule has 5 bridgehead atoms. The Morgan fingerprint density at radius 2 is 1.40 bits per heavy atom. The van der Waals surface area contributed by atoms with Gasteiger partial charge in [-0.3, -0.25) is 19.2 Å². The molecule has 0 fully saturated rings. The first-order valence-electron chi connectivity index (χ1n) is 20.0. The summed E-state index contributed by atoms with van der Waals surface area (Å²) in [5.74, 6) is -8.70. The number of ketones is 3. The number of hydrogen-bond donors (Lipinski definition) is 5. The molecule has 4 aliphatic rings. The van der Waals surface area contributed by atoms with Crippen LogP contribution in [0.3, 0.4) is 0 Å². The van der Waals surface area contributed by atoms with Crippen molar-refractivity contribution >= 4 is 34.7 Å². The van der Waals surface area contributed by atoms with Crippen molar-refractivity contribution in [3.8, 4) is 22.6 Å². The standard InChI is InChI=1S/C47H52N2O11/c1-23-13-12-14-24(2)46(57)49-37-36(48-31-19-17-30(18-20-31)29-15-10-9-11-16-29)42(54)33-34(43(37)55)41(53)28(6)44-35(33)45(56)47(7,60-44)59-22-21-32(58-8)25(3)39(51)27(5)40(52)26(4)38(23)50/h9-23,25-27,32,37-40,50-53H,1-8H3,(H,49,57). The van der Waals surface area contributed by atoms with Gasteiger partial charge in [-0.1, -0.05) is 88.4 Å². The first kappa shape index (κ1) is 43.8. The molecule has 3 aromatic rings. The second kappa shape index (κ2) is 17.5. The predicted octanol–water partition coefficient (Wildman–Crippen LogP) is 5.98. The lowest BCUT2D eigenvalue weighted by Crippen LogP contribution is -2.53. The fourth-order valence-electron chi connectivity index (χ4n) is 8.03. The van der Waals surface area contributed by atoms with E-state index in [-0.39, 0.29) is 28.1 Å². The molecule has 13 nitrogen and oxygen atoms in total. The van der Waals surface area contributed by atoms with Crippen molar-refractivity contribution in [2.45, 2.75) is 84.7 Å². The van der Waals surface area contributed by atoms with Crippen molar-refractivity contribution < 1.29 is 53.8 Å². The van der Waals surface area contributed by atoms with E-state index in [1.54, 1.807) is 64.1 Å². The van der Waals surface area contributed by atoms with Gasteiger partial charge in [0.1, 0.15) is 23.3 Å². The zero-order valence-electron chi connectivity index (χ0n) is 34.9. The number of phenolic OH excluding ortho intramolecular Hbond substituents is 1. The van der Waals surface area contributed by atoms with Gasteiger partial charge in [-0.25, -0.2) is 4.99 Å². The molecule has 10 unspecified atom stereocenters. The van der Waals surface area contributed by atoms with Crippen LogP contribution < -0.4 is 10.1 Å². The number of ether oxygens (including phenoxy) is 3. The molecule has 13 heteroatoms. The van der Waals surface area contributed by atoms with E-state index < -0.39 is 106 Å². The summed E-state index contributed by atoms with van der Waals surface area (Å²) in [6.07, 6.45) is 3.25. The highest BCUT2D eigenvalue weighted by Crippen LogP contribution is 2.48. The monoisotopic (exact) mass is 820 g/mol. The van der Waals surface area contributed by atoms with E-state index in [1.807, 2.05) is 30.3 Å². The van der Waals surface area contributed by atoms with Gasteiger partial charge in [0.05, 0.1) is 53.1 Å². The van der Waals surface area contributed by atoms with Crippen LogP contribution in [0.2, 0.25) is 0 Å². The number of fused-ring (bicyclic) bond motifs is 14. The Morgan fingerprint density at radius 1 is 0.783 bits per heavy atom. The molecule has 7 rings (SSSR count). The minimum atomic E-state index is -2.08. The summed E-state index contributed by atoms with van der Waals surface area (Å²) in [5, 5.41) is 48.0. The Hall–Kier alpha value is -5.73. The summed E-state index contributed by atoms with van der Waals surface area (Å²) in [4.78, 5) is 62.1. The Morgan fingerprint density at radius 3 is 2.05 bits per heavy atom. The van der Waals surface area contributed by atoms with Crippen LogP contribution in [-0.4, -0.2) is 92.7 Å². The SMILES string of the molecule is COC1C=COC2(C)Oc3c(C)c(O)c4c(c3C2=O)C(=O)C(=Nc2ccc(-c3ccccc3)cc2)C(NC(=O)C(C)=CC=CC(C)C(O)C(C)C(O)C(C)C(O)C1C)C4=O.